The molecule has 0 aliphatic rings. The first-order valence-electron chi connectivity index (χ1n) is 8.41. The van der Waals surface area contributed by atoms with Crippen molar-refractivity contribution >= 4 is 45.0 Å². The number of nitrogens with zero attached hydrogens (tertiary/aromatic N) is 2. The summed E-state index contributed by atoms with van der Waals surface area (Å²) in [6.45, 7) is 10.8. The van der Waals surface area contributed by atoms with Crippen LogP contribution in [-0.4, -0.2) is 39.7 Å². The number of aliphatic imine (C=N–C) groups is 1. The molecule has 0 N–H and O–H groups in total. The summed E-state index contributed by atoms with van der Waals surface area (Å²) >= 11 is 4.56. The zero-order valence-electron chi connectivity index (χ0n) is 16.8. The molecule has 1 aromatic carbocycles. The summed E-state index contributed by atoms with van der Waals surface area (Å²) in [7, 11) is 0. The molecular formula is C19H27BrN2O4S. The number of amidine groups is 1. The quantitative estimate of drug-likeness (QED) is 0.411. The molecule has 1 rings (SSSR count). The van der Waals surface area contributed by atoms with Gasteiger partial charge in [0, 0.05) is 4.47 Å². The minimum atomic E-state index is -0.754. The van der Waals surface area contributed by atoms with Gasteiger partial charge in [-0.15, -0.1) is 0 Å². The van der Waals surface area contributed by atoms with E-state index < -0.39 is 23.4 Å². The molecule has 0 heterocycles. The van der Waals surface area contributed by atoms with Crippen molar-refractivity contribution in [3.8, 4) is 0 Å². The van der Waals surface area contributed by atoms with Crippen LogP contribution in [0.1, 0.15) is 47.1 Å². The lowest BCUT2D eigenvalue weighted by molar-refractivity contribution is 0.0363. The van der Waals surface area contributed by atoms with Crippen molar-refractivity contribution in [3.63, 3.8) is 0 Å². The van der Waals surface area contributed by atoms with Crippen LogP contribution in [0.25, 0.3) is 0 Å². The maximum atomic E-state index is 12.7. The molecule has 0 atom stereocenters. The van der Waals surface area contributed by atoms with E-state index in [0.29, 0.717) is 0 Å². The maximum Gasteiger partial charge on any atom is 0.436 e. The highest BCUT2D eigenvalue weighted by atomic mass is 79.9. The van der Waals surface area contributed by atoms with E-state index in [-0.39, 0.29) is 11.7 Å². The predicted octanol–water partition coefficient (Wildman–Crippen LogP) is 5.84. The third-order valence-corrected chi connectivity index (χ3v) is 4.07. The Morgan fingerprint density at radius 2 is 1.56 bits per heavy atom. The summed E-state index contributed by atoms with van der Waals surface area (Å²) in [5.74, 6) is 0. The largest absolute Gasteiger partial charge is 0.443 e. The van der Waals surface area contributed by atoms with Crippen LogP contribution in [0, 0.1) is 0 Å². The molecule has 0 unspecified atom stereocenters. The Labute approximate surface area is 173 Å². The molecule has 6 nitrogen and oxygen atoms in total. The van der Waals surface area contributed by atoms with E-state index in [1.54, 1.807) is 47.8 Å². The number of hydrogen-bond donors (Lipinski definition) is 0. The first kappa shape index (κ1) is 23.5. The second-order valence-electron chi connectivity index (χ2n) is 7.77. The molecule has 0 bridgehead atoms. The molecule has 27 heavy (non-hydrogen) atoms. The van der Waals surface area contributed by atoms with Crippen molar-refractivity contribution in [2.75, 3.05) is 6.26 Å². The van der Waals surface area contributed by atoms with Gasteiger partial charge in [0.1, 0.15) is 11.2 Å². The van der Waals surface area contributed by atoms with Crippen molar-refractivity contribution in [2.24, 2.45) is 4.99 Å². The van der Waals surface area contributed by atoms with Gasteiger partial charge >= 0.3 is 12.2 Å². The number of ether oxygens (including phenoxy) is 2. The molecule has 0 aromatic heterocycles. The number of halogens is 1. The molecule has 0 fully saturated rings. The molecule has 0 saturated carbocycles. The van der Waals surface area contributed by atoms with Crippen molar-refractivity contribution in [1.29, 1.82) is 0 Å². The van der Waals surface area contributed by atoms with Gasteiger partial charge in [0.15, 0.2) is 5.17 Å². The molecular weight excluding hydrogens is 432 g/mol. The van der Waals surface area contributed by atoms with Crippen LogP contribution in [0.15, 0.2) is 33.7 Å². The van der Waals surface area contributed by atoms with Gasteiger partial charge in [-0.25, -0.2) is 9.59 Å². The predicted molar refractivity (Wildman–Crippen MR) is 113 cm³/mol. The van der Waals surface area contributed by atoms with Gasteiger partial charge in [0.2, 0.25) is 0 Å². The van der Waals surface area contributed by atoms with E-state index in [1.807, 2.05) is 24.3 Å². The third kappa shape index (κ3) is 9.28. The number of thioether (sulfide) groups is 1. The molecule has 0 aliphatic heterocycles. The van der Waals surface area contributed by atoms with Gasteiger partial charge in [-0.1, -0.05) is 39.8 Å². The zero-order chi connectivity index (χ0) is 20.8. The van der Waals surface area contributed by atoms with Crippen LogP contribution < -0.4 is 0 Å². The summed E-state index contributed by atoms with van der Waals surface area (Å²) in [5, 5.41) is 0.210. The van der Waals surface area contributed by atoms with Crippen LogP contribution >= 0.6 is 27.7 Å². The molecule has 150 valence electrons. The Morgan fingerprint density at radius 3 is 2.00 bits per heavy atom. The van der Waals surface area contributed by atoms with Crippen LogP contribution in [0.2, 0.25) is 0 Å². The number of hydrogen-bond acceptors (Lipinski definition) is 5. The normalized spacial score (nSPS) is 12.5. The maximum absolute atomic E-state index is 12.7. The SMILES string of the molecule is CS/C(=N/C(=O)OC(C)(C)C)N(Cc1ccc(Br)cc1)C(=O)OC(C)(C)C. The monoisotopic (exact) mass is 458 g/mol. The number of carbonyl (C=O) groups excluding carboxylic acids is 2. The second-order valence-corrected chi connectivity index (χ2v) is 9.46. The Morgan fingerprint density at radius 1 is 1.04 bits per heavy atom. The van der Waals surface area contributed by atoms with E-state index in [2.05, 4.69) is 20.9 Å². The standard InChI is InChI=1S/C19H27BrN2O4S/c1-18(2,3)25-16(23)21-15(27-7)22(17(24)26-19(4,5)6)12-13-8-10-14(20)11-9-13/h8-11H,12H2,1-7H3/b21-15+. The first-order chi connectivity index (χ1) is 12.3. The molecule has 0 spiro atoms. The topological polar surface area (TPSA) is 68.2 Å². The Balaban J connectivity index is 3.17. The van der Waals surface area contributed by atoms with Gasteiger partial charge < -0.3 is 9.47 Å². The fourth-order valence-corrected chi connectivity index (χ4v) is 2.67. The van der Waals surface area contributed by atoms with Crippen LogP contribution in [0.5, 0.6) is 0 Å². The van der Waals surface area contributed by atoms with Gasteiger partial charge in [-0.2, -0.15) is 4.99 Å². The lowest BCUT2D eigenvalue weighted by Gasteiger charge is -2.27. The molecule has 1 aromatic rings. The van der Waals surface area contributed by atoms with Crippen molar-refractivity contribution in [2.45, 2.75) is 59.3 Å². The average Bonchev–Trinajstić information content (AvgIpc) is 2.49. The summed E-state index contributed by atoms with van der Waals surface area (Å²) in [6.07, 6.45) is 0.403. The molecule has 2 amide bonds. The van der Waals surface area contributed by atoms with Crippen molar-refractivity contribution in [1.82, 2.24) is 4.90 Å². The Kier molecular flexibility index (Phi) is 8.35. The van der Waals surface area contributed by atoms with E-state index in [0.717, 1.165) is 10.0 Å². The summed E-state index contributed by atoms with van der Waals surface area (Å²) in [6, 6.07) is 7.53. The number of rotatable bonds is 2. The van der Waals surface area contributed by atoms with Gasteiger partial charge in [-0.05, 0) is 65.5 Å². The lowest BCUT2D eigenvalue weighted by Crippen LogP contribution is -2.39. The molecule has 0 saturated heterocycles. The number of amides is 2. The van der Waals surface area contributed by atoms with E-state index in [1.165, 1.54) is 16.7 Å². The van der Waals surface area contributed by atoms with E-state index in [9.17, 15) is 9.59 Å². The van der Waals surface area contributed by atoms with Crippen LogP contribution in [0.4, 0.5) is 9.59 Å². The number of benzene rings is 1. The van der Waals surface area contributed by atoms with Crippen LogP contribution in [-0.2, 0) is 16.0 Å². The second kappa shape index (κ2) is 9.59. The Bertz CT molecular complexity index is 691. The third-order valence-electron chi connectivity index (χ3n) is 2.86. The molecule has 0 radical (unpaired) electrons. The van der Waals surface area contributed by atoms with Gasteiger partial charge in [-0.3, -0.25) is 4.90 Å². The smallest absolute Gasteiger partial charge is 0.436 e. The summed E-state index contributed by atoms with van der Waals surface area (Å²) in [4.78, 5) is 30.2. The molecule has 0 aliphatic carbocycles. The summed E-state index contributed by atoms with van der Waals surface area (Å²) < 4.78 is 11.7. The minimum Gasteiger partial charge on any atom is -0.443 e. The summed E-state index contributed by atoms with van der Waals surface area (Å²) in [5.41, 5.74) is -0.480. The highest BCUT2D eigenvalue weighted by Crippen LogP contribution is 2.19. The number of carbonyl (C=O) groups is 2. The fourth-order valence-electron chi connectivity index (χ4n) is 1.88. The Hall–Kier alpha value is -1.54. The molecule has 8 heteroatoms. The van der Waals surface area contributed by atoms with Gasteiger partial charge in [0.05, 0.1) is 6.54 Å². The van der Waals surface area contributed by atoms with E-state index >= 15 is 0 Å². The highest BCUT2D eigenvalue weighted by molar-refractivity contribution is 9.10. The van der Waals surface area contributed by atoms with Gasteiger partial charge in [0.25, 0.3) is 0 Å². The van der Waals surface area contributed by atoms with Crippen molar-refractivity contribution in [3.05, 3.63) is 34.3 Å². The zero-order valence-corrected chi connectivity index (χ0v) is 19.2. The van der Waals surface area contributed by atoms with Crippen molar-refractivity contribution < 1.29 is 19.1 Å². The lowest BCUT2D eigenvalue weighted by atomic mass is 10.2. The van der Waals surface area contributed by atoms with E-state index in [4.69, 9.17) is 9.47 Å². The minimum absolute atomic E-state index is 0.210. The average molecular weight is 459 g/mol. The van der Waals surface area contributed by atoms with Crippen LogP contribution in [0.3, 0.4) is 0 Å². The highest BCUT2D eigenvalue weighted by Gasteiger charge is 2.27. The fraction of sp³-hybridized carbons (Fsp3) is 0.526. The first-order valence-corrected chi connectivity index (χ1v) is 10.4.